The van der Waals surface area contributed by atoms with Crippen molar-refractivity contribution in [2.45, 2.75) is 236 Å². The van der Waals surface area contributed by atoms with Crippen LogP contribution in [0, 0.1) is 0 Å². The Morgan fingerprint density at radius 3 is 1.42 bits per heavy atom. The van der Waals surface area contributed by atoms with Gasteiger partial charge in [0.25, 0.3) is 0 Å². The van der Waals surface area contributed by atoms with Gasteiger partial charge < -0.3 is 45.0 Å². The Morgan fingerprint density at radius 1 is 0.547 bits per heavy atom. The first-order valence-corrected chi connectivity index (χ1v) is 26.0. The second-order valence-corrected chi connectivity index (χ2v) is 18.7. The molecule has 7 N–H and O–H groups in total. The number of carbonyl (C=O) groups is 2. The molecule has 1 rings (SSSR count). The average Bonchev–Trinajstić information content (AvgIpc) is 3.26. The van der Waals surface area contributed by atoms with E-state index in [-0.39, 0.29) is 18.9 Å². The van der Waals surface area contributed by atoms with E-state index < -0.39 is 75.7 Å². The van der Waals surface area contributed by atoms with Crippen LogP contribution in [-0.2, 0) is 32.7 Å². The molecule has 1 fully saturated rings. The third-order valence-corrected chi connectivity index (χ3v) is 12.2. The minimum absolute atomic E-state index is 0.0797. The van der Waals surface area contributed by atoms with Crippen LogP contribution in [0.2, 0.25) is 0 Å². The third kappa shape index (κ3) is 31.6. The summed E-state index contributed by atoms with van der Waals surface area (Å²) in [5, 5.41) is 59.5. The van der Waals surface area contributed by atoms with Crippen molar-refractivity contribution in [3.8, 4) is 0 Å². The minimum Gasteiger partial charge on any atom is -0.462 e. The molecule has 0 aliphatic heterocycles. The highest BCUT2D eigenvalue weighted by atomic mass is 31.2. The van der Waals surface area contributed by atoms with Crippen LogP contribution in [0.15, 0.2) is 48.6 Å². The summed E-state index contributed by atoms with van der Waals surface area (Å²) >= 11 is 0. The quantitative estimate of drug-likeness (QED) is 0.0132. The minimum atomic E-state index is -5.14. The number of esters is 2. The van der Waals surface area contributed by atoms with Crippen molar-refractivity contribution < 1.29 is 68.2 Å². The lowest BCUT2D eigenvalue weighted by Gasteiger charge is -2.41. The van der Waals surface area contributed by atoms with Gasteiger partial charge in [0.05, 0.1) is 12.7 Å². The van der Waals surface area contributed by atoms with Crippen LogP contribution >= 0.6 is 7.82 Å². The number of allylic oxidation sites excluding steroid dienone is 8. The molecule has 64 heavy (non-hydrogen) atoms. The Bertz CT molecular complexity index is 1320. The molecular weight excluding hydrogens is 843 g/mol. The number of phosphoric ester groups is 1. The van der Waals surface area contributed by atoms with E-state index in [0.29, 0.717) is 19.3 Å². The summed E-state index contributed by atoms with van der Waals surface area (Å²) in [7, 11) is -5.14. The molecule has 0 radical (unpaired) electrons. The first-order valence-electron chi connectivity index (χ1n) is 24.5. The van der Waals surface area contributed by atoms with Crippen LogP contribution in [0.5, 0.6) is 0 Å². The summed E-state index contributed by atoms with van der Waals surface area (Å²) in [6, 6.07) is 0. The van der Waals surface area contributed by atoms with E-state index in [0.717, 1.165) is 64.2 Å². The van der Waals surface area contributed by atoms with Gasteiger partial charge in [-0.05, 0) is 64.7 Å². The number of ether oxygens (including phenoxy) is 2. The lowest BCUT2D eigenvalue weighted by atomic mass is 9.85. The van der Waals surface area contributed by atoms with Crippen molar-refractivity contribution in [2.75, 3.05) is 13.2 Å². The van der Waals surface area contributed by atoms with Crippen LogP contribution in [-0.4, -0.2) is 110 Å². The van der Waals surface area contributed by atoms with Crippen LogP contribution in [0.3, 0.4) is 0 Å². The Balaban J connectivity index is 2.46. The van der Waals surface area contributed by atoms with E-state index >= 15 is 0 Å². The molecule has 0 bridgehead atoms. The highest BCUT2D eigenvalue weighted by Crippen LogP contribution is 2.47. The van der Waals surface area contributed by atoms with E-state index in [2.05, 4.69) is 43.4 Å². The first-order chi connectivity index (χ1) is 30.8. The van der Waals surface area contributed by atoms with Crippen molar-refractivity contribution in [1.29, 1.82) is 0 Å². The van der Waals surface area contributed by atoms with Gasteiger partial charge in [-0.15, -0.1) is 0 Å². The zero-order valence-electron chi connectivity index (χ0n) is 39.2. The van der Waals surface area contributed by atoms with Crippen molar-refractivity contribution in [3.05, 3.63) is 48.6 Å². The molecule has 0 aromatic carbocycles. The molecule has 0 heterocycles. The van der Waals surface area contributed by atoms with Gasteiger partial charge in [-0.25, -0.2) is 4.57 Å². The molecule has 1 saturated carbocycles. The number of aliphatic hydroxyl groups is 6. The van der Waals surface area contributed by atoms with E-state index in [4.69, 9.17) is 18.5 Å². The summed E-state index contributed by atoms with van der Waals surface area (Å²) < 4.78 is 33.5. The Hall–Kier alpha value is -2.23. The van der Waals surface area contributed by atoms with Crippen LogP contribution < -0.4 is 0 Å². The topological polar surface area (TPSA) is 230 Å². The zero-order valence-corrected chi connectivity index (χ0v) is 40.1. The first kappa shape index (κ1) is 59.8. The van der Waals surface area contributed by atoms with Gasteiger partial charge in [0.2, 0.25) is 0 Å². The number of rotatable bonds is 40. The normalized spacial score (nSPS) is 22.5. The fourth-order valence-corrected chi connectivity index (χ4v) is 8.21. The molecule has 15 heteroatoms. The van der Waals surface area contributed by atoms with E-state index in [1.54, 1.807) is 6.92 Å². The maximum absolute atomic E-state index is 12.8. The highest BCUT2D eigenvalue weighted by Gasteiger charge is 2.51. The molecule has 3 unspecified atom stereocenters. The maximum Gasteiger partial charge on any atom is 0.472 e. The molecule has 14 nitrogen and oxygen atoms in total. The lowest BCUT2D eigenvalue weighted by Crippen LogP contribution is -2.64. The number of aliphatic hydroxyl groups excluding tert-OH is 6. The van der Waals surface area contributed by atoms with Crippen LogP contribution in [0.25, 0.3) is 0 Å². The van der Waals surface area contributed by atoms with Gasteiger partial charge in [0.15, 0.2) is 6.10 Å². The summed E-state index contributed by atoms with van der Waals surface area (Å²) in [6.07, 6.45) is 30.1. The van der Waals surface area contributed by atoms with Gasteiger partial charge in [-0.2, -0.15) is 0 Å². The molecule has 1 aliphatic rings. The number of carbonyl (C=O) groups excluding carboxylic acids is 2. The van der Waals surface area contributed by atoms with Crippen LogP contribution in [0.4, 0.5) is 0 Å². The fraction of sp³-hybridized carbons (Fsp3) is 0.796. The highest BCUT2D eigenvalue weighted by molar-refractivity contribution is 7.47. The summed E-state index contributed by atoms with van der Waals surface area (Å²) in [5.41, 5.74) is 0. The average molecular weight is 931 g/mol. The number of hydrogen-bond donors (Lipinski definition) is 7. The SMILES string of the molecule is CCCCCCCCCCCCCCCCCCCC(=O)O[C@H](COC(=O)CCC/C=C\C/C=C\C/C=C\C/C=C\CCC[C@@H](C)O)COP(=O)(O)OC1[C@H](O)[C@H](O)C(O)[C@H](O)[C@H]1O. The molecule has 1 aliphatic carbocycles. The Labute approximate surface area is 384 Å². The van der Waals surface area contributed by atoms with Gasteiger partial charge in [0.1, 0.15) is 43.2 Å². The summed E-state index contributed by atoms with van der Waals surface area (Å²) in [5.74, 6) is -1.18. The second kappa shape index (κ2) is 38.8. The third-order valence-electron chi connectivity index (χ3n) is 11.2. The van der Waals surface area contributed by atoms with Crippen molar-refractivity contribution >= 4 is 19.8 Å². The predicted octanol–water partition coefficient (Wildman–Crippen LogP) is 8.92. The smallest absolute Gasteiger partial charge is 0.462 e. The van der Waals surface area contributed by atoms with Crippen molar-refractivity contribution in [2.24, 2.45) is 0 Å². The Kier molecular flexibility index (Phi) is 36.3. The molecule has 0 aromatic rings. The van der Waals surface area contributed by atoms with E-state index in [9.17, 15) is 49.7 Å². The number of hydrogen-bond acceptors (Lipinski definition) is 13. The summed E-state index contributed by atoms with van der Waals surface area (Å²) in [4.78, 5) is 35.7. The van der Waals surface area contributed by atoms with E-state index in [1.165, 1.54) is 77.0 Å². The number of unbranched alkanes of at least 4 members (excludes halogenated alkanes) is 18. The molecule has 0 aromatic heterocycles. The standard InChI is InChI=1S/C49H87O14P/c1-3-4-5-6-7-8-9-10-11-12-15-19-22-25-28-31-34-37-43(52)62-41(39-61-64(58,59)63-49-47(56)45(54)44(53)46(55)48(49)57)38-60-42(51)36-33-30-27-24-21-18-16-13-14-17-20-23-26-29-32-35-40(2)50/h14,16-18,23-24,26-27,40-41,44-50,53-57H,3-13,15,19-22,25,28-39H2,1-2H3,(H,58,59)/b17-14-,18-16-,26-23-,27-24-/t40-,41-,44?,45-,46+,47-,48-,49?/m1/s1. The maximum atomic E-state index is 12.8. The summed E-state index contributed by atoms with van der Waals surface area (Å²) in [6.45, 7) is 2.82. The Morgan fingerprint density at radius 2 is 0.953 bits per heavy atom. The van der Waals surface area contributed by atoms with Crippen molar-refractivity contribution in [3.63, 3.8) is 0 Å². The van der Waals surface area contributed by atoms with Crippen molar-refractivity contribution in [1.82, 2.24) is 0 Å². The van der Waals surface area contributed by atoms with Gasteiger partial charge >= 0.3 is 19.8 Å². The van der Waals surface area contributed by atoms with Gasteiger partial charge in [-0.1, -0.05) is 158 Å². The molecule has 0 amide bonds. The molecule has 372 valence electrons. The second-order valence-electron chi connectivity index (χ2n) is 17.3. The molecular formula is C49H87O14P. The predicted molar refractivity (Wildman–Crippen MR) is 250 cm³/mol. The number of phosphoric acid groups is 1. The fourth-order valence-electron chi connectivity index (χ4n) is 7.24. The monoisotopic (exact) mass is 931 g/mol. The van der Waals surface area contributed by atoms with Gasteiger partial charge in [-0.3, -0.25) is 18.6 Å². The van der Waals surface area contributed by atoms with E-state index in [1.807, 2.05) is 12.2 Å². The molecule has 9 atom stereocenters. The lowest BCUT2D eigenvalue weighted by molar-refractivity contribution is -0.220. The van der Waals surface area contributed by atoms with Crippen LogP contribution in [0.1, 0.15) is 187 Å². The van der Waals surface area contributed by atoms with Gasteiger partial charge in [0, 0.05) is 12.8 Å². The molecule has 0 saturated heterocycles. The largest absolute Gasteiger partial charge is 0.472 e. The molecule has 0 spiro atoms. The zero-order chi connectivity index (χ0) is 47.3.